The van der Waals surface area contributed by atoms with Gasteiger partial charge in [0, 0.05) is 10.6 Å². The SMILES string of the molecule is CC1(C)CCC(CN)C(Cc2c(F)cccc2Cl)C1. The molecular weight excluding hydrogens is 261 g/mol. The van der Waals surface area contributed by atoms with Gasteiger partial charge in [0.1, 0.15) is 5.82 Å². The molecule has 0 spiro atoms. The molecule has 1 nitrogen and oxygen atoms in total. The highest BCUT2D eigenvalue weighted by atomic mass is 35.5. The van der Waals surface area contributed by atoms with E-state index >= 15 is 0 Å². The van der Waals surface area contributed by atoms with Gasteiger partial charge in [-0.3, -0.25) is 0 Å². The summed E-state index contributed by atoms with van der Waals surface area (Å²) in [6.07, 6.45) is 4.15. The van der Waals surface area contributed by atoms with Crippen LogP contribution in [0.1, 0.15) is 38.7 Å². The Kier molecular flexibility index (Phi) is 4.52. The summed E-state index contributed by atoms with van der Waals surface area (Å²) in [6.45, 7) is 5.26. The van der Waals surface area contributed by atoms with Crippen molar-refractivity contribution in [2.75, 3.05) is 6.54 Å². The van der Waals surface area contributed by atoms with E-state index in [1.165, 1.54) is 12.5 Å². The van der Waals surface area contributed by atoms with Gasteiger partial charge in [0.15, 0.2) is 0 Å². The third-order valence-corrected chi connectivity index (χ3v) is 4.86. The van der Waals surface area contributed by atoms with E-state index in [4.69, 9.17) is 17.3 Å². The minimum Gasteiger partial charge on any atom is -0.330 e. The monoisotopic (exact) mass is 283 g/mol. The second kappa shape index (κ2) is 5.80. The maximum absolute atomic E-state index is 13.9. The molecule has 1 fully saturated rings. The summed E-state index contributed by atoms with van der Waals surface area (Å²) in [5.74, 6) is 0.735. The van der Waals surface area contributed by atoms with Crippen LogP contribution in [-0.4, -0.2) is 6.54 Å². The van der Waals surface area contributed by atoms with E-state index in [0.717, 1.165) is 12.8 Å². The number of rotatable bonds is 3. The van der Waals surface area contributed by atoms with Gasteiger partial charge < -0.3 is 5.73 Å². The molecule has 1 aromatic rings. The van der Waals surface area contributed by atoms with Crippen LogP contribution in [0, 0.1) is 23.1 Å². The number of benzene rings is 1. The van der Waals surface area contributed by atoms with Crippen LogP contribution in [0.3, 0.4) is 0 Å². The lowest BCUT2D eigenvalue weighted by atomic mass is 9.65. The molecule has 1 saturated carbocycles. The molecule has 0 bridgehead atoms. The Morgan fingerprint density at radius 3 is 2.74 bits per heavy atom. The van der Waals surface area contributed by atoms with Gasteiger partial charge in [-0.2, -0.15) is 0 Å². The van der Waals surface area contributed by atoms with Crippen molar-refractivity contribution in [2.24, 2.45) is 23.0 Å². The van der Waals surface area contributed by atoms with Crippen LogP contribution in [0.4, 0.5) is 4.39 Å². The van der Waals surface area contributed by atoms with E-state index in [-0.39, 0.29) is 5.82 Å². The van der Waals surface area contributed by atoms with Gasteiger partial charge in [-0.25, -0.2) is 4.39 Å². The fourth-order valence-electron chi connectivity index (χ4n) is 3.33. The zero-order chi connectivity index (χ0) is 14.0. The molecule has 3 heteroatoms. The van der Waals surface area contributed by atoms with Gasteiger partial charge in [-0.15, -0.1) is 0 Å². The Morgan fingerprint density at radius 2 is 2.11 bits per heavy atom. The number of halogens is 2. The molecule has 1 aromatic carbocycles. The van der Waals surface area contributed by atoms with Crippen LogP contribution >= 0.6 is 11.6 Å². The van der Waals surface area contributed by atoms with Gasteiger partial charge in [0.05, 0.1) is 0 Å². The third kappa shape index (κ3) is 3.49. The molecule has 2 unspecified atom stereocenters. The number of nitrogens with two attached hydrogens (primary N) is 1. The molecule has 0 radical (unpaired) electrons. The lowest BCUT2D eigenvalue weighted by molar-refractivity contribution is 0.121. The standard InChI is InChI=1S/C16H23ClFN/c1-16(2)7-6-11(10-19)12(9-16)8-13-14(17)4-3-5-15(13)18/h3-5,11-12H,6-10,19H2,1-2H3. The van der Waals surface area contributed by atoms with E-state index in [0.29, 0.717) is 40.8 Å². The number of hydrogen-bond acceptors (Lipinski definition) is 1. The van der Waals surface area contributed by atoms with Crippen LogP contribution < -0.4 is 5.73 Å². The molecule has 0 heterocycles. The van der Waals surface area contributed by atoms with Gasteiger partial charge in [-0.05, 0) is 61.6 Å². The molecule has 106 valence electrons. The molecule has 0 saturated heterocycles. The van der Waals surface area contributed by atoms with Gasteiger partial charge >= 0.3 is 0 Å². The minimum absolute atomic E-state index is 0.188. The molecule has 1 aliphatic rings. The van der Waals surface area contributed by atoms with Crippen molar-refractivity contribution in [1.29, 1.82) is 0 Å². The second-order valence-electron chi connectivity index (χ2n) is 6.57. The van der Waals surface area contributed by atoms with Crippen molar-refractivity contribution >= 4 is 11.6 Å². The first-order valence-electron chi connectivity index (χ1n) is 7.06. The fourth-order valence-corrected chi connectivity index (χ4v) is 3.57. The van der Waals surface area contributed by atoms with Crippen LogP contribution in [0.2, 0.25) is 5.02 Å². The molecule has 0 amide bonds. The van der Waals surface area contributed by atoms with E-state index in [2.05, 4.69) is 13.8 Å². The summed E-state index contributed by atoms with van der Waals surface area (Å²) < 4.78 is 13.9. The molecule has 19 heavy (non-hydrogen) atoms. The second-order valence-corrected chi connectivity index (χ2v) is 6.97. The Bertz CT molecular complexity index is 424. The summed E-state index contributed by atoms with van der Waals surface area (Å²) in [7, 11) is 0. The normalized spacial score (nSPS) is 26.4. The van der Waals surface area contributed by atoms with Crippen molar-refractivity contribution in [3.63, 3.8) is 0 Å². The van der Waals surface area contributed by atoms with Gasteiger partial charge in [0.2, 0.25) is 0 Å². The van der Waals surface area contributed by atoms with Crippen LogP contribution in [0.15, 0.2) is 18.2 Å². The Labute approximate surface area is 120 Å². The zero-order valence-corrected chi connectivity index (χ0v) is 12.5. The molecule has 2 rings (SSSR count). The lowest BCUT2D eigenvalue weighted by Crippen LogP contribution is -2.35. The summed E-state index contributed by atoms with van der Waals surface area (Å²) in [4.78, 5) is 0. The highest BCUT2D eigenvalue weighted by molar-refractivity contribution is 6.31. The van der Waals surface area contributed by atoms with E-state index in [1.54, 1.807) is 12.1 Å². The zero-order valence-electron chi connectivity index (χ0n) is 11.8. The smallest absolute Gasteiger partial charge is 0.127 e. The maximum Gasteiger partial charge on any atom is 0.127 e. The fraction of sp³-hybridized carbons (Fsp3) is 0.625. The summed E-state index contributed by atoms with van der Waals surface area (Å²) in [6, 6.07) is 4.92. The van der Waals surface area contributed by atoms with E-state index in [1.807, 2.05) is 0 Å². The van der Waals surface area contributed by atoms with Crippen LogP contribution in [0.25, 0.3) is 0 Å². The number of hydrogen-bond donors (Lipinski definition) is 1. The minimum atomic E-state index is -0.188. The molecule has 1 aliphatic carbocycles. The summed E-state index contributed by atoms with van der Waals surface area (Å²) >= 11 is 6.14. The summed E-state index contributed by atoms with van der Waals surface area (Å²) in [5.41, 5.74) is 6.87. The highest BCUT2D eigenvalue weighted by Gasteiger charge is 2.34. The molecule has 0 aliphatic heterocycles. The van der Waals surface area contributed by atoms with Crippen molar-refractivity contribution in [2.45, 2.75) is 39.5 Å². The topological polar surface area (TPSA) is 26.0 Å². The first kappa shape index (κ1) is 14.8. The maximum atomic E-state index is 13.9. The molecule has 2 N–H and O–H groups in total. The van der Waals surface area contributed by atoms with Crippen molar-refractivity contribution in [3.05, 3.63) is 34.6 Å². The Balaban J connectivity index is 2.19. The largest absolute Gasteiger partial charge is 0.330 e. The first-order chi connectivity index (χ1) is 8.93. The first-order valence-corrected chi connectivity index (χ1v) is 7.44. The van der Waals surface area contributed by atoms with Crippen molar-refractivity contribution < 1.29 is 4.39 Å². The van der Waals surface area contributed by atoms with Gasteiger partial charge in [0.25, 0.3) is 0 Å². The predicted octanol–water partition coefficient (Wildman–Crippen LogP) is 4.42. The van der Waals surface area contributed by atoms with E-state index in [9.17, 15) is 4.39 Å². The molecular formula is C16H23ClFN. The highest BCUT2D eigenvalue weighted by Crippen LogP contribution is 2.43. The quantitative estimate of drug-likeness (QED) is 0.873. The van der Waals surface area contributed by atoms with E-state index < -0.39 is 0 Å². The molecule has 0 aromatic heterocycles. The average Bonchev–Trinajstić information content (AvgIpc) is 2.33. The molecule has 2 atom stereocenters. The summed E-state index contributed by atoms with van der Waals surface area (Å²) in [5, 5.41) is 0.541. The van der Waals surface area contributed by atoms with Crippen LogP contribution in [-0.2, 0) is 6.42 Å². The third-order valence-electron chi connectivity index (χ3n) is 4.50. The lowest BCUT2D eigenvalue weighted by Gasteiger charge is -2.40. The Morgan fingerprint density at radius 1 is 1.37 bits per heavy atom. The van der Waals surface area contributed by atoms with Gasteiger partial charge in [-0.1, -0.05) is 31.5 Å². The Hall–Kier alpha value is -0.600. The average molecular weight is 284 g/mol. The predicted molar refractivity (Wildman–Crippen MR) is 78.8 cm³/mol. The van der Waals surface area contributed by atoms with Crippen LogP contribution in [0.5, 0.6) is 0 Å². The van der Waals surface area contributed by atoms with Crippen molar-refractivity contribution in [1.82, 2.24) is 0 Å². The van der Waals surface area contributed by atoms with Crippen molar-refractivity contribution in [3.8, 4) is 0 Å².